The largest absolute Gasteiger partial charge is 0.490 e. The van der Waals surface area contributed by atoms with E-state index in [9.17, 15) is 9.59 Å². The van der Waals surface area contributed by atoms with E-state index in [0.717, 1.165) is 0 Å². The molecule has 1 saturated heterocycles. The number of hydrogen-bond donors (Lipinski definition) is 2. The van der Waals surface area contributed by atoms with Gasteiger partial charge in [-0.15, -0.1) is 0 Å². The molecule has 9 heteroatoms. The molecule has 2 amide bonds. The van der Waals surface area contributed by atoms with Gasteiger partial charge in [-0.1, -0.05) is 18.2 Å². The molecule has 0 atom stereocenters. The Hall–Kier alpha value is -3.01. The third kappa shape index (κ3) is 6.74. The van der Waals surface area contributed by atoms with Crippen molar-refractivity contribution in [2.24, 2.45) is 0 Å². The van der Waals surface area contributed by atoms with Crippen molar-refractivity contribution >= 4 is 34.8 Å². The molecule has 170 valence electrons. The molecule has 3 rings (SSSR count). The molecule has 0 aromatic heterocycles. The Kier molecular flexibility index (Phi) is 8.97. The van der Waals surface area contributed by atoms with E-state index in [4.69, 9.17) is 26.4 Å². The van der Waals surface area contributed by atoms with Crippen molar-refractivity contribution in [2.75, 3.05) is 51.4 Å². The van der Waals surface area contributed by atoms with E-state index in [1.807, 2.05) is 6.92 Å². The van der Waals surface area contributed by atoms with Crippen LogP contribution in [0.2, 0.25) is 0 Å². The Morgan fingerprint density at radius 3 is 2.66 bits per heavy atom. The number of para-hydroxylation sites is 1. The summed E-state index contributed by atoms with van der Waals surface area (Å²) < 4.78 is 16.2. The van der Waals surface area contributed by atoms with Crippen LogP contribution < -0.4 is 15.4 Å². The quantitative estimate of drug-likeness (QED) is 0.465. The summed E-state index contributed by atoms with van der Waals surface area (Å²) >= 11 is 5.30. The van der Waals surface area contributed by atoms with Gasteiger partial charge in [0.1, 0.15) is 12.4 Å². The molecule has 1 heterocycles. The van der Waals surface area contributed by atoms with E-state index in [1.165, 1.54) is 0 Å². The second-order valence-corrected chi connectivity index (χ2v) is 7.34. The minimum Gasteiger partial charge on any atom is -0.490 e. The van der Waals surface area contributed by atoms with Crippen LogP contribution in [0.25, 0.3) is 0 Å². The summed E-state index contributed by atoms with van der Waals surface area (Å²) in [6.07, 6.45) is 0. The van der Waals surface area contributed by atoms with Crippen molar-refractivity contribution in [1.82, 2.24) is 10.2 Å². The van der Waals surface area contributed by atoms with Crippen LogP contribution in [0.3, 0.4) is 0 Å². The fraction of sp³-hybridized carbons (Fsp3) is 0.348. The summed E-state index contributed by atoms with van der Waals surface area (Å²) in [5, 5.41) is 5.74. The summed E-state index contributed by atoms with van der Waals surface area (Å²) in [6.45, 7) is 5.49. The van der Waals surface area contributed by atoms with Gasteiger partial charge in [-0.25, -0.2) is 0 Å². The zero-order chi connectivity index (χ0) is 22.8. The van der Waals surface area contributed by atoms with E-state index < -0.39 is 5.91 Å². The number of carbonyl (C=O) groups excluding carboxylic acids is 2. The zero-order valence-electron chi connectivity index (χ0n) is 18.0. The van der Waals surface area contributed by atoms with Crippen LogP contribution in [0.4, 0.5) is 5.69 Å². The van der Waals surface area contributed by atoms with Crippen molar-refractivity contribution in [1.29, 1.82) is 0 Å². The van der Waals surface area contributed by atoms with Gasteiger partial charge in [0.05, 0.1) is 25.4 Å². The Balaban J connectivity index is 1.59. The van der Waals surface area contributed by atoms with Crippen LogP contribution in [-0.4, -0.2) is 68.0 Å². The highest BCUT2D eigenvalue weighted by molar-refractivity contribution is 7.80. The molecule has 1 aliphatic rings. The van der Waals surface area contributed by atoms with E-state index in [1.54, 1.807) is 53.4 Å². The predicted molar refractivity (Wildman–Crippen MR) is 125 cm³/mol. The van der Waals surface area contributed by atoms with Crippen LogP contribution in [0.1, 0.15) is 27.6 Å². The number of thiocarbonyl (C=S) groups is 1. The summed E-state index contributed by atoms with van der Waals surface area (Å²) in [4.78, 5) is 27.2. The lowest BCUT2D eigenvalue weighted by atomic mass is 10.1. The van der Waals surface area contributed by atoms with Gasteiger partial charge in [-0.2, -0.15) is 0 Å². The maximum atomic E-state index is 12.7. The van der Waals surface area contributed by atoms with Gasteiger partial charge < -0.3 is 24.4 Å². The molecule has 2 aromatic carbocycles. The molecule has 0 spiro atoms. The average Bonchev–Trinajstić information content (AvgIpc) is 2.82. The highest BCUT2D eigenvalue weighted by atomic mass is 32.1. The molecule has 0 saturated carbocycles. The molecule has 32 heavy (non-hydrogen) atoms. The number of nitrogens with zero attached hydrogens (tertiary/aromatic N) is 1. The molecular weight excluding hydrogens is 430 g/mol. The second-order valence-electron chi connectivity index (χ2n) is 6.94. The first kappa shape index (κ1) is 23.6. The number of hydrogen-bond acceptors (Lipinski definition) is 6. The van der Waals surface area contributed by atoms with Crippen LogP contribution in [0.15, 0.2) is 48.5 Å². The Bertz CT molecular complexity index is 947. The van der Waals surface area contributed by atoms with Crippen molar-refractivity contribution < 1.29 is 23.8 Å². The Labute approximate surface area is 192 Å². The monoisotopic (exact) mass is 457 g/mol. The molecule has 2 N–H and O–H groups in total. The first-order valence-corrected chi connectivity index (χ1v) is 10.9. The zero-order valence-corrected chi connectivity index (χ0v) is 18.8. The molecular formula is C23H27N3O5S. The van der Waals surface area contributed by atoms with Gasteiger partial charge in [0.2, 0.25) is 0 Å². The number of carbonyl (C=O) groups is 2. The second kappa shape index (κ2) is 12.1. The number of benzene rings is 2. The molecule has 0 bridgehead atoms. The molecule has 0 radical (unpaired) electrons. The van der Waals surface area contributed by atoms with Crippen LogP contribution >= 0.6 is 12.2 Å². The van der Waals surface area contributed by atoms with Gasteiger partial charge in [0.25, 0.3) is 11.8 Å². The molecule has 1 aliphatic heterocycles. The fourth-order valence-corrected chi connectivity index (χ4v) is 3.36. The lowest BCUT2D eigenvalue weighted by Crippen LogP contribution is -2.40. The van der Waals surface area contributed by atoms with Crippen molar-refractivity contribution in [3.63, 3.8) is 0 Å². The smallest absolute Gasteiger partial charge is 0.261 e. The number of rotatable bonds is 8. The van der Waals surface area contributed by atoms with E-state index in [0.29, 0.717) is 68.7 Å². The third-order valence-corrected chi connectivity index (χ3v) is 4.92. The number of ether oxygens (including phenoxy) is 3. The Morgan fingerprint density at radius 1 is 1.09 bits per heavy atom. The van der Waals surface area contributed by atoms with Crippen LogP contribution in [-0.2, 0) is 9.47 Å². The standard InChI is InChI=1S/C23H27N3O5S/c1-2-29-14-15-31-20-9-4-3-8-19(20)21(27)25-23(32)24-18-7-5-6-17(16-18)22(28)26-10-12-30-13-11-26/h3-9,16H,2,10-15H2,1H3,(H2,24,25,27,32). The van der Waals surface area contributed by atoms with Crippen molar-refractivity contribution in [2.45, 2.75) is 6.92 Å². The minimum atomic E-state index is -0.393. The van der Waals surface area contributed by atoms with Crippen molar-refractivity contribution in [3.05, 3.63) is 59.7 Å². The first-order valence-electron chi connectivity index (χ1n) is 10.5. The van der Waals surface area contributed by atoms with E-state index >= 15 is 0 Å². The SMILES string of the molecule is CCOCCOc1ccccc1C(=O)NC(=S)Nc1cccc(C(=O)N2CCOCC2)c1. The van der Waals surface area contributed by atoms with E-state index in [2.05, 4.69) is 10.6 Å². The Morgan fingerprint density at radius 2 is 1.88 bits per heavy atom. The van der Waals surface area contributed by atoms with Crippen molar-refractivity contribution in [3.8, 4) is 5.75 Å². The van der Waals surface area contributed by atoms with E-state index in [-0.39, 0.29) is 11.0 Å². The maximum absolute atomic E-state index is 12.7. The topological polar surface area (TPSA) is 89.1 Å². The van der Waals surface area contributed by atoms with Crippen LogP contribution in [0.5, 0.6) is 5.75 Å². The molecule has 1 fully saturated rings. The number of morpholine rings is 1. The van der Waals surface area contributed by atoms with Gasteiger partial charge >= 0.3 is 0 Å². The molecule has 0 aliphatic carbocycles. The molecule has 0 unspecified atom stereocenters. The first-order chi connectivity index (χ1) is 15.6. The minimum absolute atomic E-state index is 0.0648. The average molecular weight is 458 g/mol. The molecule has 2 aromatic rings. The number of nitrogens with one attached hydrogen (secondary N) is 2. The lowest BCUT2D eigenvalue weighted by molar-refractivity contribution is 0.0303. The maximum Gasteiger partial charge on any atom is 0.261 e. The van der Waals surface area contributed by atoms with Crippen LogP contribution in [0, 0.1) is 0 Å². The highest BCUT2D eigenvalue weighted by Gasteiger charge is 2.19. The summed E-state index contributed by atoms with van der Waals surface area (Å²) in [5.41, 5.74) is 1.51. The highest BCUT2D eigenvalue weighted by Crippen LogP contribution is 2.18. The lowest BCUT2D eigenvalue weighted by Gasteiger charge is -2.27. The number of anilines is 1. The summed E-state index contributed by atoms with van der Waals surface area (Å²) in [7, 11) is 0. The summed E-state index contributed by atoms with van der Waals surface area (Å²) in [6, 6.07) is 13.9. The van der Waals surface area contributed by atoms with Gasteiger partial charge in [0, 0.05) is 30.9 Å². The van der Waals surface area contributed by atoms with Gasteiger partial charge in [-0.05, 0) is 49.5 Å². The normalized spacial score (nSPS) is 13.3. The summed E-state index contributed by atoms with van der Waals surface area (Å²) in [5.74, 6) is -0.00861. The predicted octanol–water partition coefficient (Wildman–Crippen LogP) is 2.70. The third-order valence-electron chi connectivity index (χ3n) is 4.71. The van der Waals surface area contributed by atoms with Gasteiger partial charge in [0.15, 0.2) is 5.11 Å². The number of amides is 2. The van der Waals surface area contributed by atoms with Gasteiger partial charge in [-0.3, -0.25) is 14.9 Å². The molecule has 8 nitrogen and oxygen atoms in total. The fourth-order valence-electron chi connectivity index (χ4n) is 3.15.